The Hall–Kier alpha value is -3.21. The van der Waals surface area contributed by atoms with Gasteiger partial charge in [-0.1, -0.05) is 48.0 Å². The van der Waals surface area contributed by atoms with Gasteiger partial charge in [0, 0.05) is 18.8 Å². The van der Waals surface area contributed by atoms with Crippen LogP contribution >= 0.6 is 0 Å². The molecule has 5 heteroatoms. The van der Waals surface area contributed by atoms with Crippen LogP contribution in [0.4, 0.5) is 11.5 Å². The van der Waals surface area contributed by atoms with Crippen molar-refractivity contribution < 1.29 is 4.79 Å². The Kier molecular flexibility index (Phi) is 4.83. The summed E-state index contributed by atoms with van der Waals surface area (Å²) in [5.74, 6) is 0.561. The molecule has 0 bridgehead atoms. The number of para-hydroxylation sites is 1. The van der Waals surface area contributed by atoms with Crippen LogP contribution in [-0.2, 0) is 13.0 Å². The molecule has 2 heterocycles. The van der Waals surface area contributed by atoms with E-state index in [-0.39, 0.29) is 5.91 Å². The predicted molar refractivity (Wildman–Crippen MR) is 107 cm³/mol. The number of benzene rings is 2. The molecule has 0 aliphatic carbocycles. The van der Waals surface area contributed by atoms with Crippen molar-refractivity contribution in [3.63, 3.8) is 0 Å². The molecule has 2 aromatic carbocycles. The predicted octanol–water partition coefficient (Wildman–Crippen LogP) is 3.99. The van der Waals surface area contributed by atoms with Gasteiger partial charge in [-0.25, -0.2) is 9.97 Å². The van der Waals surface area contributed by atoms with Gasteiger partial charge in [0.1, 0.15) is 11.5 Å². The van der Waals surface area contributed by atoms with Crippen LogP contribution in [0.25, 0.3) is 0 Å². The number of hydrogen-bond acceptors (Lipinski definition) is 4. The second-order valence-corrected chi connectivity index (χ2v) is 6.82. The van der Waals surface area contributed by atoms with E-state index in [9.17, 15) is 4.79 Å². The molecule has 0 fully saturated rings. The third-order valence-corrected chi connectivity index (χ3v) is 4.82. The van der Waals surface area contributed by atoms with Gasteiger partial charge in [-0.15, -0.1) is 0 Å². The molecule has 27 heavy (non-hydrogen) atoms. The lowest BCUT2D eigenvalue weighted by molar-refractivity contribution is 0.0980. The van der Waals surface area contributed by atoms with Crippen molar-refractivity contribution >= 4 is 17.4 Å². The van der Waals surface area contributed by atoms with Crippen LogP contribution < -0.4 is 10.2 Å². The highest BCUT2D eigenvalue weighted by atomic mass is 16.2. The minimum absolute atomic E-state index is 0.0975. The van der Waals surface area contributed by atoms with Gasteiger partial charge in [0.2, 0.25) is 0 Å². The molecule has 0 unspecified atom stereocenters. The maximum absolute atomic E-state index is 12.9. The molecule has 0 atom stereocenters. The van der Waals surface area contributed by atoms with Crippen molar-refractivity contribution in [3.8, 4) is 0 Å². The van der Waals surface area contributed by atoms with E-state index < -0.39 is 0 Å². The fraction of sp³-hybridized carbons (Fsp3) is 0.227. The largest absolute Gasteiger partial charge is 0.365 e. The van der Waals surface area contributed by atoms with Gasteiger partial charge in [-0.05, 0) is 37.0 Å². The standard InChI is InChI=1S/C22H22N4O/c1-16-8-10-17(11-9-16)13-24-21-15-23-19(14-25-21)22(27)26-12-4-6-18-5-2-3-7-20(18)26/h2-3,5,7-11,14-15H,4,6,12-13H2,1H3,(H,24,25). The van der Waals surface area contributed by atoms with E-state index in [0.29, 0.717) is 24.6 Å². The lowest BCUT2D eigenvalue weighted by atomic mass is 10.0. The number of hydrogen-bond donors (Lipinski definition) is 1. The van der Waals surface area contributed by atoms with Gasteiger partial charge in [0.15, 0.2) is 0 Å². The Morgan fingerprint density at radius 3 is 2.67 bits per heavy atom. The molecule has 136 valence electrons. The van der Waals surface area contributed by atoms with Crippen LogP contribution in [-0.4, -0.2) is 22.4 Å². The Balaban J connectivity index is 1.44. The summed E-state index contributed by atoms with van der Waals surface area (Å²) < 4.78 is 0. The highest BCUT2D eigenvalue weighted by molar-refractivity contribution is 6.05. The number of nitrogens with zero attached hydrogens (tertiary/aromatic N) is 3. The first-order valence-corrected chi connectivity index (χ1v) is 9.22. The number of aryl methyl sites for hydroxylation is 2. The van der Waals surface area contributed by atoms with Crippen molar-refractivity contribution in [2.24, 2.45) is 0 Å². The average molecular weight is 358 g/mol. The first-order chi connectivity index (χ1) is 13.2. The first-order valence-electron chi connectivity index (χ1n) is 9.22. The van der Waals surface area contributed by atoms with E-state index in [4.69, 9.17) is 0 Å². The molecule has 1 aliphatic rings. The number of aromatic nitrogens is 2. The maximum atomic E-state index is 12.9. The van der Waals surface area contributed by atoms with Crippen LogP contribution in [0.3, 0.4) is 0 Å². The van der Waals surface area contributed by atoms with Gasteiger partial charge in [-0.2, -0.15) is 0 Å². The summed E-state index contributed by atoms with van der Waals surface area (Å²) >= 11 is 0. The molecule has 0 spiro atoms. The van der Waals surface area contributed by atoms with Gasteiger partial charge in [-0.3, -0.25) is 4.79 Å². The summed E-state index contributed by atoms with van der Waals surface area (Å²) in [4.78, 5) is 23.4. The van der Waals surface area contributed by atoms with Gasteiger partial charge in [0.25, 0.3) is 5.91 Å². The zero-order chi connectivity index (χ0) is 18.6. The van der Waals surface area contributed by atoms with Crippen LogP contribution in [0.15, 0.2) is 60.9 Å². The van der Waals surface area contributed by atoms with E-state index in [1.165, 1.54) is 16.7 Å². The van der Waals surface area contributed by atoms with Crippen LogP contribution in [0, 0.1) is 6.92 Å². The van der Waals surface area contributed by atoms with Crippen LogP contribution in [0.2, 0.25) is 0 Å². The van der Waals surface area contributed by atoms with Crippen LogP contribution in [0.5, 0.6) is 0 Å². The Morgan fingerprint density at radius 2 is 1.89 bits per heavy atom. The lowest BCUT2D eigenvalue weighted by Crippen LogP contribution is -2.36. The zero-order valence-corrected chi connectivity index (χ0v) is 15.4. The monoisotopic (exact) mass is 358 g/mol. The number of anilines is 2. The van der Waals surface area contributed by atoms with Gasteiger partial charge < -0.3 is 10.2 Å². The minimum Gasteiger partial charge on any atom is -0.365 e. The van der Waals surface area contributed by atoms with E-state index in [1.807, 2.05) is 23.1 Å². The third kappa shape index (κ3) is 3.82. The molecular formula is C22H22N4O. The van der Waals surface area contributed by atoms with Crippen molar-refractivity contribution in [1.29, 1.82) is 0 Å². The summed E-state index contributed by atoms with van der Waals surface area (Å²) in [6.07, 6.45) is 5.15. The molecule has 4 rings (SSSR count). The molecule has 1 aliphatic heterocycles. The molecule has 1 aromatic heterocycles. The second kappa shape index (κ2) is 7.58. The smallest absolute Gasteiger partial charge is 0.278 e. The summed E-state index contributed by atoms with van der Waals surface area (Å²) in [6.45, 7) is 3.45. The average Bonchev–Trinajstić information content (AvgIpc) is 2.73. The number of fused-ring (bicyclic) bond motifs is 1. The first kappa shape index (κ1) is 17.2. The number of amides is 1. The van der Waals surface area contributed by atoms with E-state index >= 15 is 0 Å². The molecular weight excluding hydrogens is 336 g/mol. The van der Waals surface area contributed by atoms with Crippen molar-refractivity contribution in [2.45, 2.75) is 26.3 Å². The van der Waals surface area contributed by atoms with E-state index in [0.717, 1.165) is 18.5 Å². The molecule has 0 saturated carbocycles. The molecule has 1 amide bonds. The maximum Gasteiger partial charge on any atom is 0.278 e. The van der Waals surface area contributed by atoms with Crippen LogP contribution in [0.1, 0.15) is 33.6 Å². The molecule has 5 nitrogen and oxygen atoms in total. The third-order valence-electron chi connectivity index (χ3n) is 4.82. The fourth-order valence-electron chi connectivity index (χ4n) is 3.31. The summed E-state index contributed by atoms with van der Waals surface area (Å²) in [6, 6.07) is 16.4. The highest BCUT2D eigenvalue weighted by Gasteiger charge is 2.24. The molecule has 1 N–H and O–H groups in total. The minimum atomic E-state index is -0.0975. The van der Waals surface area contributed by atoms with Crippen molar-refractivity contribution in [2.75, 3.05) is 16.8 Å². The number of carbonyl (C=O) groups is 1. The Morgan fingerprint density at radius 1 is 1.07 bits per heavy atom. The highest BCUT2D eigenvalue weighted by Crippen LogP contribution is 2.27. The fourth-order valence-corrected chi connectivity index (χ4v) is 3.31. The number of rotatable bonds is 4. The molecule has 3 aromatic rings. The number of nitrogens with one attached hydrogen (secondary N) is 1. The van der Waals surface area contributed by atoms with Crippen molar-refractivity contribution in [3.05, 3.63) is 83.3 Å². The van der Waals surface area contributed by atoms with Gasteiger partial charge in [0.05, 0.1) is 12.4 Å². The molecule has 0 saturated heterocycles. The summed E-state index contributed by atoms with van der Waals surface area (Å²) in [5.41, 5.74) is 4.97. The number of carbonyl (C=O) groups excluding carboxylic acids is 1. The SMILES string of the molecule is Cc1ccc(CNc2cnc(C(=O)N3CCCc4ccccc43)cn2)cc1. The Bertz CT molecular complexity index is 935. The molecule has 0 radical (unpaired) electrons. The van der Waals surface area contributed by atoms with Gasteiger partial charge >= 0.3 is 0 Å². The van der Waals surface area contributed by atoms with Crippen molar-refractivity contribution in [1.82, 2.24) is 9.97 Å². The topological polar surface area (TPSA) is 58.1 Å². The Labute approximate surface area is 159 Å². The summed E-state index contributed by atoms with van der Waals surface area (Å²) in [7, 11) is 0. The zero-order valence-electron chi connectivity index (χ0n) is 15.4. The lowest BCUT2D eigenvalue weighted by Gasteiger charge is -2.29. The summed E-state index contributed by atoms with van der Waals surface area (Å²) in [5, 5.41) is 3.24. The second-order valence-electron chi connectivity index (χ2n) is 6.82. The quantitative estimate of drug-likeness (QED) is 0.766. The normalized spacial score (nSPS) is 13.1. The van der Waals surface area contributed by atoms with E-state index in [2.05, 4.69) is 52.5 Å². The van der Waals surface area contributed by atoms with E-state index in [1.54, 1.807) is 12.4 Å².